The van der Waals surface area contributed by atoms with Crippen molar-refractivity contribution in [3.8, 4) is 0 Å². The van der Waals surface area contributed by atoms with E-state index in [1.54, 1.807) is 0 Å². The summed E-state index contributed by atoms with van der Waals surface area (Å²) in [6.07, 6.45) is -2.34. The van der Waals surface area contributed by atoms with E-state index >= 15 is 0 Å². The van der Waals surface area contributed by atoms with Crippen molar-refractivity contribution in [2.75, 3.05) is 6.61 Å². The summed E-state index contributed by atoms with van der Waals surface area (Å²) in [5.41, 5.74) is 0. The molecule has 5 atom stereocenters. The number of carbonyl (C=O) groups excluding carboxylic acids is 1. The molecule has 0 amide bonds. The highest BCUT2D eigenvalue weighted by Crippen LogP contribution is 2.36. The summed E-state index contributed by atoms with van der Waals surface area (Å²) in [5, 5.41) is 10.1. The van der Waals surface area contributed by atoms with Gasteiger partial charge in [0.25, 0.3) is 0 Å². The number of rotatable bonds is 1. The Hall–Kier alpha value is -0.690. The third-order valence-corrected chi connectivity index (χ3v) is 3.40. The first-order valence-corrected chi connectivity index (χ1v) is 5.81. The molecule has 3 aliphatic heterocycles. The van der Waals surface area contributed by atoms with Gasteiger partial charge in [0.15, 0.2) is 11.9 Å². The van der Waals surface area contributed by atoms with Crippen LogP contribution >= 0.6 is 0 Å². The number of aliphatic hydroxyl groups excluding tert-OH is 1. The van der Waals surface area contributed by atoms with Crippen LogP contribution in [0.2, 0.25) is 0 Å². The normalized spacial score (nSPS) is 48.2. The minimum Gasteiger partial charge on any atom is -0.457 e. The molecule has 1 N–H and O–H groups in total. The van der Waals surface area contributed by atoms with Gasteiger partial charge < -0.3 is 24.1 Å². The standard InChI is InChI=1S/C11H16O6/c1-11(2)14-4-6(17-11)10-8(13)9-5(15-10)3-7(12)16-9/h5-6,8-10,13H,3-4H2,1-2H3/t5-,6-,8-,9+,10-/m1/s1. The van der Waals surface area contributed by atoms with Gasteiger partial charge in [0.2, 0.25) is 0 Å². The van der Waals surface area contributed by atoms with Gasteiger partial charge in [-0.15, -0.1) is 0 Å². The van der Waals surface area contributed by atoms with Crippen LogP contribution in [-0.4, -0.2) is 54.0 Å². The van der Waals surface area contributed by atoms with Crippen molar-refractivity contribution >= 4 is 5.97 Å². The molecule has 3 saturated heterocycles. The SMILES string of the molecule is CC1(C)OC[C@H]([C@H]2O[C@@H]3CC(=O)O[C@@H]3[C@H]2O)O1. The Morgan fingerprint density at radius 1 is 1.29 bits per heavy atom. The first-order valence-electron chi connectivity index (χ1n) is 5.81. The molecular weight excluding hydrogens is 228 g/mol. The second-order valence-corrected chi connectivity index (χ2v) is 5.16. The summed E-state index contributed by atoms with van der Waals surface area (Å²) in [4.78, 5) is 11.1. The molecule has 3 rings (SSSR count). The predicted molar refractivity (Wildman–Crippen MR) is 54.1 cm³/mol. The highest BCUT2D eigenvalue weighted by Gasteiger charge is 2.55. The highest BCUT2D eigenvalue weighted by atomic mass is 16.8. The smallest absolute Gasteiger partial charge is 0.309 e. The van der Waals surface area contributed by atoms with Crippen LogP contribution in [0.25, 0.3) is 0 Å². The van der Waals surface area contributed by atoms with E-state index in [-0.39, 0.29) is 24.6 Å². The fourth-order valence-electron chi connectivity index (χ4n) is 2.63. The number of carbonyl (C=O) groups is 1. The first kappa shape index (κ1) is 11.4. The van der Waals surface area contributed by atoms with Gasteiger partial charge in [-0.1, -0.05) is 0 Å². The van der Waals surface area contributed by atoms with Gasteiger partial charge in [-0.2, -0.15) is 0 Å². The lowest BCUT2D eigenvalue weighted by Crippen LogP contribution is -2.41. The summed E-state index contributed by atoms with van der Waals surface area (Å²) in [7, 11) is 0. The van der Waals surface area contributed by atoms with E-state index in [2.05, 4.69) is 0 Å². The molecule has 3 heterocycles. The maximum Gasteiger partial charge on any atom is 0.309 e. The molecule has 17 heavy (non-hydrogen) atoms. The molecule has 0 radical (unpaired) electrons. The van der Waals surface area contributed by atoms with Gasteiger partial charge in [0.05, 0.1) is 13.0 Å². The zero-order chi connectivity index (χ0) is 12.2. The Balaban J connectivity index is 1.69. The topological polar surface area (TPSA) is 74.2 Å². The summed E-state index contributed by atoms with van der Waals surface area (Å²) in [6.45, 7) is 4.01. The first-order chi connectivity index (χ1) is 7.96. The van der Waals surface area contributed by atoms with Crippen LogP contribution in [0.4, 0.5) is 0 Å². The van der Waals surface area contributed by atoms with Gasteiger partial charge in [-0.25, -0.2) is 0 Å². The third-order valence-electron chi connectivity index (χ3n) is 3.40. The summed E-state index contributed by atoms with van der Waals surface area (Å²) < 4.78 is 21.8. The Labute approximate surface area is 98.8 Å². The molecule has 0 aromatic heterocycles. The summed E-state index contributed by atoms with van der Waals surface area (Å²) in [6, 6.07) is 0. The van der Waals surface area contributed by atoms with Crippen LogP contribution in [-0.2, 0) is 23.7 Å². The van der Waals surface area contributed by atoms with E-state index in [0.717, 1.165) is 0 Å². The third kappa shape index (κ3) is 1.85. The highest BCUT2D eigenvalue weighted by molar-refractivity contribution is 5.73. The van der Waals surface area contributed by atoms with Crippen LogP contribution in [0.15, 0.2) is 0 Å². The van der Waals surface area contributed by atoms with Gasteiger partial charge in [0.1, 0.15) is 24.4 Å². The molecule has 0 saturated carbocycles. The molecular formula is C11H16O6. The van der Waals surface area contributed by atoms with E-state index in [1.165, 1.54) is 0 Å². The fraction of sp³-hybridized carbons (Fsp3) is 0.909. The zero-order valence-electron chi connectivity index (χ0n) is 9.79. The van der Waals surface area contributed by atoms with Crippen molar-refractivity contribution in [1.82, 2.24) is 0 Å². The summed E-state index contributed by atoms with van der Waals surface area (Å²) in [5.74, 6) is -0.969. The molecule has 0 spiro atoms. The number of hydrogen-bond acceptors (Lipinski definition) is 6. The van der Waals surface area contributed by atoms with Gasteiger partial charge in [-0.05, 0) is 13.8 Å². The lowest BCUT2D eigenvalue weighted by atomic mass is 10.0. The number of ether oxygens (including phenoxy) is 4. The molecule has 96 valence electrons. The zero-order valence-corrected chi connectivity index (χ0v) is 9.79. The number of aliphatic hydroxyl groups is 1. The Morgan fingerprint density at radius 2 is 2.06 bits per heavy atom. The molecule has 0 aliphatic carbocycles. The average Bonchev–Trinajstić information content (AvgIpc) is 2.83. The van der Waals surface area contributed by atoms with Crippen molar-refractivity contribution in [3.63, 3.8) is 0 Å². The predicted octanol–water partition coefficient (Wildman–Crippen LogP) is -0.418. The van der Waals surface area contributed by atoms with E-state index in [4.69, 9.17) is 18.9 Å². The summed E-state index contributed by atoms with van der Waals surface area (Å²) >= 11 is 0. The minimum atomic E-state index is -0.839. The lowest BCUT2D eigenvalue weighted by molar-refractivity contribution is -0.165. The second-order valence-electron chi connectivity index (χ2n) is 5.16. The fourth-order valence-corrected chi connectivity index (χ4v) is 2.63. The van der Waals surface area contributed by atoms with E-state index in [1.807, 2.05) is 13.8 Å². The Bertz CT molecular complexity index is 341. The molecule has 3 fully saturated rings. The van der Waals surface area contributed by atoms with Gasteiger partial charge in [-0.3, -0.25) is 4.79 Å². The maximum atomic E-state index is 11.1. The largest absolute Gasteiger partial charge is 0.457 e. The van der Waals surface area contributed by atoms with Gasteiger partial charge in [0, 0.05) is 0 Å². The van der Waals surface area contributed by atoms with Crippen LogP contribution in [0.3, 0.4) is 0 Å². The van der Waals surface area contributed by atoms with E-state index in [9.17, 15) is 9.90 Å². The van der Waals surface area contributed by atoms with Crippen molar-refractivity contribution in [3.05, 3.63) is 0 Å². The molecule has 0 bridgehead atoms. The van der Waals surface area contributed by atoms with E-state index in [0.29, 0.717) is 6.61 Å². The number of fused-ring (bicyclic) bond motifs is 1. The van der Waals surface area contributed by atoms with Gasteiger partial charge >= 0.3 is 5.97 Å². The number of hydrogen-bond donors (Lipinski definition) is 1. The average molecular weight is 244 g/mol. The molecule has 6 heteroatoms. The van der Waals surface area contributed by atoms with Crippen LogP contribution in [0.5, 0.6) is 0 Å². The molecule has 6 nitrogen and oxygen atoms in total. The van der Waals surface area contributed by atoms with Crippen LogP contribution in [0.1, 0.15) is 20.3 Å². The molecule has 0 aromatic carbocycles. The molecule has 0 unspecified atom stereocenters. The van der Waals surface area contributed by atoms with Crippen LogP contribution in [0, 0.1) is 0 Å². The Morgan fingerprint density at radius 3 is 2.65 bits per heavy atom. The van der Waals surface area contributed by atoms with E-state index < -0.39 is 24.1 Å². The lowest BCUT2D eigenvalue weighted by Gasteiger charge is -2.23. The second kappa shape index (κ2) is 3.65. The molecule has 0 aromatic rings. The Kier molecular flexibility index (Phi) is 2.45. The quantitative estimate of drug-likeness (QED) is 0.632. The molecule has 3 aliphatic rings. The maximum absolute atomic E-state index is 11.1. The van der Waals surface area contributed by atoms with Crippen molar-refractivity contribution in [2.45, 2.75) is 56.6 Å². The van der Waals surface area contributed by atoms with Crippen LogP contribution < -0.4 is 0 Å². The van der Waals surface area contributed by atoms with Crippen molar-refractivity contribution in [1.29, 1.82) is 0 Å². The van der Waals surface area contributed by atoms with Crippen molar-refractivity contribution in [2.24, 2.45) is 0 Å². The number of esters is 1. The van der Waals surface area contributed by atoms with Crippen molar-refractivity contribution < 1.29 is 28.8 Å². The monoisotopic (exact) mass is 244 g/mol. The minimum absolute atomic E-state index is 0.204.